The second-order valence-corrected chi connectivity index (χ2v) is 9.93. The molecule has 1 heterocycles. The van der Waals surface area contributed by atoms with Crippen molar-refractivity contribution < 1.29 is 22.7 Å². The molecule has 0 bridgehead atoms. The summed E-state index contributed by atoms with van der Waals surface area (Å²) in [5.74, 6) is -1.00. The van der Waals surface area contributed by atoms with E-state index >= 15 is 0 Å². The number of carbonyl (C=O) groups is 2. The minimum absolute atomic E-state index is 0.387. The molecular weight excluding hydrogens is 412 g/mol. The van der Waals surface area contributed by atoms with Crippen LogP contribution >= 0.6 is 11.3 Å². The van der Waals surface area contributed by atoms with Gasteiger partial charge < -0.3 is 10.1 Å². The Morgan fingerprint density at radius 3 is 2.45 bits per heavy atom. The van der Waals surface area contributed by atoms with Gasteiger partial charge >= 0.3 is 5.97 Å². The largest absolute Gasteiger partial charge is 0.465 e. The van der Waals surface area contributed by atoms with Crippen LogP contribution in [-0.4, -0.2) is 39.7 Å². The molecule has 1 unspecified atom stereocenters. The summed E-state index contributed by atoms with van der Waals surface area (Å²) < 4.78 is 30.8. The number of nitrogens with zero attached hydrogens (tertiary/aromatic N) is 1. The molecule has 1 N–H and O–H groups in total. The first-order valence-corrected chi connectivity index (χ1v) is 12.0. The Hall–Kier alpha value is -2.39. The van der Waals surface area contributed by atoms with E-state index in [0.29, 0.717) is 16.3 Å². The number of methoxy groups -OCH3 is 1. The van der Waals surface area contributed by atoms with E-state index in [1.54, 1.807) is 30.3 Å². The Morgan fingerprint density at radius 1 is 1.17 bits per heavy atom. The number of anilines is 2. The van der Waals surface area contributed by atoms with E-state index in [1.807, 2.05) is 0 Å². The van der Waals surface area contributed by atoms with Crippen molar-refractivity contribution in [3.8, 4) is 0 Å². The number of amides is 1. The predicted molar refractivity (Wildman–Crippen MR) is 114 cm³/mol. The van der Waals surface area contributed by atoms with Crippen LogP contribution in [0, 0.1) is 0 Å². The quantitative estimate of drug-likeness (QED) is 0.702. The van der Waals surface area contributed by atoms with E-state index in [9.17, 15) is 18.0 Å². The molecule has 0 fully saturated rings. The van der Waals surface area contributed by atoms with Crippen LogP contribution in [0.2, 0.25) is 0 Å². The van der Waals surface area contributed by atoms with Crippen LogP contribution < -0.4 is 9.62 Å². The van der Waals surface area contributed by atoms with E-state index in [4.69, 9.17) is 4.74 Å². The van der Waals surface area contributed by atoms with Crippen molar-refractivity contribution in [3.05, 3.63) is 46.3 Å². The third kappa shape index (κ3) is 4.45. The number of para-hydroxylation sites is 1. The van der Waals surface area contributed by atoms with Gasteiger partial charge in [0, 0.05) is 4.88 Å². The zero-order valence-corrected chi connectivity index (χ0v) is 18.2. The fraction of sp³-hybridized carbons (Fsp3) is 0.400. The van der Waals surface area contributed by atoms with Crippen molar-refractivity contribution in [1.82, 2.24) is 0 Å². The molecule has 1 aromatic heterocycles. The number of rotatable bonds is 6. The highest BCUT2D eigenvalue weighted by atomic mass is 32.2. The fourth-order valence-electron chi connectivity index (χ4n) is 3.57. The number of ether oxygens (including phenoxy) is 1. The summed E-state index contributed by atoms with van der Waals surface area (Å²) in [4.78, 5) is 26.4. The van der Waals surface area contributed by atoms with Gasteiger partial charge in [-0.05, 0) is 50.3 Å². The van der Waals surface area contributed by atoms with Gasteiger partial charge in [0.1, 0.15) is 11.0 Å². The van der Waals surface area contributed by atoms with Crippen molar-refractivity contribution in [3.63, 3.8) is 0 Å². The lowest BCUT2D eigenvalue weighted by atomic mass is 9.95. The second-order valence-electron chi connectivity index (χ2n) is 6.97. The van der Waals surface area contributed by atoms with Crippen LogP contribution in [0.3, 0.4) is 0 Å². The predicted octanol–water partition coefficient (Wildman–Crippen LogP) is 3.21. The maximum atomic E-state index is 13.0. The minimum Gasteiger partial charge on any atom is -0.465 e. The van der Waals surface area contributed by atoms with Crippen LogP contribution in [0.15, 0.2) is 30.3 Å². The zero-order valence-electron chi connectivity index (χ0n) is 16.6. The van der Waals surface area contributed by atoms with E-state index in [1.165, 1.54) is 25.4 Å². The highest BCUT2D eigenvalue weighted by Crippen LogP contribution is 2.38. The van der Waals surface area contributed by atoms with E-state index in [-0.39, 0.29) is 0 Å². The number of nitrogens with one attached hydrogen (secondary N) is 1. The SMILES string of the molecule is COC(=O)c1c(NC(=O)C(C)N(c2ccccc2)S(C)(=O)=O)sc2c1CCCC2. The topological polar surface area (TPSA) is 92.8 Å². The summed E-state index contributed by atoms with van der Waals surface area (Å²) >= 11 is 1.37. The molecule has 0 saturated carbocycles. The molecule has 2 aromatic rings. The number of sulfonamides is 1. The molecule has 0 saturated heterocycles. The van der Waals surface area contributed by atoms with Gasteiger partial charge in [-0.25, -0.2) is 13.2 Å². The number of carbonyl (C=O) groups excluding carboxylic acids is 2. The van der Waals surface area contributed by atoms with E-state index in [2.05, 4.69) is 5.32 Å². The van der Waals surface area contributed by atoms with Gasteiger partial charge in [-0.15, -0.1) is 11.3 Å². The Kier molecular flexibility index (Phi) is 6.28. The van der Waals surface area contributed by atoms with Crippen molar-refractivity contribution in [2.75, 3.05) is 23.0 Å². The first kappa shape index (κ1) is 21.3. The molecule has 7 nitrogen and oxygen atoms in total. The number of benzene rings is 1. The molecule has 0 spiro atoms. The summed E-state index contributed by atoms with van der Waals surface area (Å²) in [6, 6.07) is 7.45. The highest BCUT2D eigenvalue weighted by Gasteiger charge is 2.32. The van der Waals surface area contributed by atoms with Crippen molar-refractivity contribution in [2.45, 2.75) is 38.6 Å². The summed E-state index contributed by atoms with van der Waals surface area (Å²) in [6.45, 7) is 1.52. The Labute approximate surface area is 174 Å². The average molecular weight is 437 g/mol. The first-order valence-electron chi connectivity index (χ1n) is 9.32. The molecule has 1 atom stereocenters. The Balaban J connectivity index is 1.93. The lowest BCUT2D eigenvalue weighted by molar-refractivity contribution is -0.116. The number of thiophene rings is 1. The smallest absolute Gasteiger partial charge is 0.341 e. The standard InChI is InChI=1S/C20H24N2O5S2/c1-13(22(29(3,25)26)14-9-5-4-6-10-14)18(23)21-19-17(20(24)27-2)15-11-7-8-12-16(15)28-19/h4-6,9-10,13H,7-8,11-12H2,1-3H3,(H,21,23). The minimum atomic E-state index is -3.70. The number of fused-ring (bicyclic) bond motifs is 1. The summed E-state index contributed by atoms with van der Waals surface area (Å²) in [5, 5.41) is 3.20. The summed E-state index contributed by atoms with van der Waals surface area (Å²) in [7, 11) is -2.39. The van der Waals surface area contributed by atoms with Gasteiger partial charge in [0.15, 0.2) is 0 Å². The molecule has 156 valence electrons. The molecule has 0 radical (unpaired) electrons. The molecule has 1 aliphatic rings. The molecule has 3 rings (SSSR count). The maximum Gasteiger partial charge on any atom is 0.341 e. The van der Waals surface area contributed by atoms with E-state index < -0.39 is 27.9 Å². The van der Waals surface area contributed by atoms with Gasteiger partial charge in [-0.3, -0.25) is 9.10 Å². The molecule has 1 aromatic carbocycles. The van der Waals surface area contributed by atoms with Crippen molar-refractivity contribution in [2.24, 2.45) is 0 Å². The number of hydrogen-bond acceptors (Lipinski definition) is 6. The van der Waals surface area contributed by atoms with Crippen molar-refractivity contribution >= 4 is 43.9 Å². The lowest BCUT2D eigenvalue weighted by Crippen LogP contribution is -2.45. The number of hydrogen-bond donors (Lipinski definition) is 1. The Bertz CT molecular complexity index is 1010. The van der Waals surface area contributed by atoms with Gasteiger partial charge in [0.25, 0.3) is 0 Å². The monoisotopic (exact) mass is 436 g/mol. The second kappa shape index (κ2) is 8.54. The summed E-state index contributed by atoms with van der Waals surface area (Å²) in [6.07, 6.45) is 4.70. The molecule has 9 heteroatoms. The van der Waals surface area contributed by atoms with Crippen LogP contribution in [0.4, 0.5) is 10.7 Å². The zero-order chi connectivity index (χ0) is 21.2. The van der Waals surface area contributed by atoms with Crippen LogP contribution in [-0.2, 0) is 32.4 Å². The molecule has 29 heavy (non-hydrogen) atoms. The molecular formula is C20H24N2O5S2. The van der Waals surface area contributed by atoms with Gasteiger partial charge in [-0.1, -0.05) is 18.2 Å². The van der Waals surface area contributed by atoms with E-state index in [0.717, 1.165) is 46.7 Å². The normalized spacial score (nSPS) is 14.6. The first-order chi connectivity index (χ1) is 13.7. The van der Waals surface area contributed by atoms with Gasteiger partial charge in [0.2, 0.25) is 15.9 Å². The molecule has 0 aliphatic heterocycles. The average Bonchev–Trinajstić information content (AvgIpc) is 3.05. The van der Waals surface area contributed by atoms with Crippen LogP contribution in [0.25, 0.3) is 0 Å². The third-order valence-corrected chi connectivity index (χ3v) is 7.35. The van der Waals surface area contributed by atoms with Crippen LogP contribution in [0.5, 0.6) is 0 Å². The molecule has 1 aliphatic carbocycles. The number of aryl methyl sites for hydroxylation is 1. The fourth-order valence-corrected chi connectivity index (χ4v) is 6.03. The van der Waals surface area contributed by atoms with Gasteiger partial charge in [0.05, 0.1) is 24.6 Å². The maximum absolute atomic E-state index is 13.0. The summed E-state index contributed by atoms with van der Waals surface area (Å²) in [5.41, 5.74) is 1.72. The Morgan fingerprint density at radius 2 is 1.83 bits per heavy atom. The molecule has 1 amide bonds. The van der Waals surface area contributed by atoms with Crippen LogP contribution in [0.1, 0.15) is 40.6 Å². The number of esters is 1. The highest BCUT2D eigenvalue weighted by molar-refractivity contribution is 7.92. The lowest BCUT2D eigenvalue weighted by Gasteiger charge is -2.28. The van der Waals surface area contributed by atoms with Crippen molar-refractivity contribution in [1.29, 1.82) is 0 Å². The third-order valence-electron chi connectivity index (χ3n) is 4.90. The van der Waals surface area contributed by atoms with Gasteiger partial charge in [-0.2, -0.15) is 0 Å².